The van der Waals surface area contributed by atoms with Gasteiger partial charge in [0, 0.05) is 18.8 Å². The fourth-order valence-corrected chi connectivity index (χ4v) is 2.88. The van der Waals surface area contributed by atoms with E-state index in [0.717, 1.165) is 12.0 Å². The zero-order valence-corrected chi connectivity index (χ0v) is 11.6. The van der Waals surface area contributed by atoms with Gasteiger partial charge in [0.05, 0.1) is 17.2 Å². The number of carbonyl (C=O) groups is 2. The zero-order valence-electron chi connectivity index (χ0n) is 11.6. The van der Waals surface area contributed by atoms with Crippen LogP contribution < -0.4 is 0 Å². The minimum Gasteiger partial charge on any atom is -0.293 e. The molecule has 1 unspecified atom stereocenters. The number of aromatic nitrogens is 2. The molecule has 20 heavy (non-hydrogen) atoms. The molecular weight excluding hydrogens is 252 g/mol. The van der Waals surface area contributed by atoms with Gasteiger partial charge in [0.15, 0.2) is 11.6 Å². The number of carbonyl (C=O) groups excluding carboxylic acids is 2. The highest BCUT2D eigenvalue weighted by Gasteiger charge is 2.34. The van der Waals surface area contributed by atoms with Crippen LogP contribution in [-0.4, -0.2) is 21.3 Å². The van der Waals surface area contributed by atoms with Gasteiger partial charge >= 0.3 is 0 Å². The lowest BCUT2D eigenvalue weighted by molar-refractivity contribution is 0.0790. The van der Waals surface area contributed by atoms with E-state index in [1.165, 1.54) is 0 Å². The third-order valence-corrected chi connectivity index (χ3v) is 3.90. The minimum atomic E-state index is -0.562. The zero-order chi connectivity index (χ0) is 14.3. The molecule has 2 aromatic rings. The smallest absolute Gasteiger partial charge is 0.177 e. The summed E-state index contributed by atoms with van der Waals surface area (Å²) in [5, 5.41) is 4.18. The molecule has 0 saturated heterocycles. The molecular formula is C16H16N2O2. The van der Waals surface area contributed by atoms with Gasteiger partial charge in [-0.05, 0) is 25.3 Å². The third kappa shape index (κ3) is 1.97. The van der Waals surface area contributed by atoms with E-state index in [0.29, 0.717) is 23.2 Å². The lowest BCUT2D eigenvalue weighted by Gasteiger charge is -2.21. The molecule has 1 heterocycles. The fourth-order valence-electron chi connectivity index (χ4n) is 2.88. The summed E-state index contributed by atoms with van der Waals surface area (Å²) in [6, 6.07) is 7.55. The molecule has 4 heteroatoms. The van der Waals surface area contributed by atoms with Crippen LogP contribution in [0.2, 0.25) is 0 Å². The number of fused-ring (bicyclic) bond motifs is 1. The normalized spacial score (nSPS) is 17.9. The van der Waals surface area contributed by atoms with Gasteiger partial charge in [-0.25, -0.2) is 0 Å². The largest absolute Gasteiger partial charge is 0.293 e. The second-order valence-electron chi connectivity index (χ2n) is 5.28. The van der Waals surface area contributed by atoms with Crippen molar-refractivity contribution in [3.8, 4) is 0 Å². The first-order valence-corrected chi connectivity index (χ1v) is 6.74. The molecule has 102 valence electrons. The molecule has 0 N–H and O–H groups in total. The number of ketones is 2. The van der Waals surface area contributed by atoms with Crippen LogP contribution in [0.4, 0.5) is 0 Å². The first-order chi connectivity index (χ1) is 9.58. The van der Waals surface area contributed by atoms with Crippen LogP contribution in [0.5, 0.6) is 0 Å². The fraction of sp³-hybridized carbons (Fsp3) is 0.312. The molecule has 1 aromatic heterocycles. The van der Waals surface area contributed by atoms with Crippen LogP contribution in [-0.2, 0) is 13.5 Å². The lowest BCUT2D eigenvalue weighted by Crippen LogP contribution is -2.29. The van der Waals surface area contributed by atoms with Crippen molar-refractivity contribution in [3.05, 3.63) is 52.8 Å². The average Bonchev–Trinajstić information content (AvgIpc) is 2.78. The monoisotopic (exact) mass is 268 g/mol. The highest BCUT2D eigenvalue weighted by atomic mass is 16.2. The van der Waals surface area contributed by atoms with Gasteiger partial charge in [0.25, 0.3) is 0 Å². The highest BCUT2D eigenvalue weighted by molar-refractivity contribution is 6.17. The number of nitrogens with zero attached hydrogens (tertiary/aromatic N) is 2. The Kier molecular flexibility index (Phi) is 3.01. The number of Topliss-reactive ketones (excluding diaryl/α,β-unsaturated/α-hetero) is 2. The topological polar surface area (TPSA) is 52.0 Å². The summed E-state index contributed by atoms with van der Waals surface area (Å²) in [6.07, 6.45) is 3.06. The van der Waals surface area contributed by atoms with E-state index in [1.54, 1.807) is 24.9 Å². The van der Waals surface area contributed by atoms with Crippen LogP contribution >= 0.6 is 0 Å². The Balaban J connectivity index is 1.95. The van der Waals surface area contributed by atoms with Crippen molar-refractivity contribution in [1.29, 1.82) is 0 Å². The van der Waals surface area contributed by atoms with E-state index in [-0.39, 0.29) is 11.6 Å². The van der Waals surface area contributed by atoms with E-state index >= 15 is 0 Å². The third-order valence-electron chi connectivity index (χ3n) is 3.90. The maximum Gasteiger partial charge on any atom is 0.177 e. The maximum atomic E-state index is 12.6. The summed E-state index contributed by atoms with van der Waals surface area (Å²) in [5.41, 5.74) is 2.98. The Labute approximate surface area is 117 Å². The number of hydrogen-bond donors (Lipinski definition) is 0. The van der Waals surface area contributed by atoms with Crippen molar-refractivity contribution in [1.82, 2.24) is 9.78 Å². The minimum absolute atomic E-state index is 0.0555. The van der Waals surface area contributed by atoms with Crippen molar-refractivity contribution >= 4 is 11.6 Å². The Hall–Kier alpha value is -2.23. The highest BCUT2D eigenvalue weighted by Crippen LogP contribution is 2.28. The molecule has 0 spiro atoms. The summed E-state index contributed by atoms with van der Waals surface area (Å²) in [4.78, 5) is 25.1. The lowest BCUT2D eigenvalue weighted by atomic mass is 9.79. The molecule has 0 bridgehead atoms. The van der Waals surface area contributed by atoms with Gasteiger partial charge in [-0.2, -0.15) is 5.10 Å². The van der Waals surface area contributed by atoms with E-state index in [4.69, 9.17) is 0 Å². The van der Waals surface area contributed by atoms with E-state index in [9.17, 15) is 9.59 Å². The van der Waals surface area contributed by atoms with Crippen LogP contribution in [0.1, 0.15) is 38.4 Å². The van der Waals surface area contributed by atoms with Crippen molar-refractivity contribution < 1.29 is 9.59 Å². The van der Waals surface area contributed by atoms with E-state index < -0.39 is 5.92 Å². The van der Waals surface area contributed by atoms with Crippen molar-refractivity contribution in [2.24, 2.45) is 13.0 Å². The predicted molar refractivity (Wildman–Crippen MR) is 74.9 cm³/mol. The van der Waals surface area contributed by atoms with Gasteiger partial charge in [0.2, 0.25) is 0 Å². The Morgan fingerprint density at radius 1 is 1.35 bits per heavy atom. The second kappa shape index (κ2) is 4.71. The molecule has 0 amide bonds. The number of benzene rings is 1. The summed E-state index contributed by atoms with van der Waals surface area (Å²) < 4.78 is 1.61. The Bertz CT molecular complexity index is 700. The van der Waals surface area contributed by atoms with Gasteiger partial charge in [-0.1, -0.05) is 24.3 Å². The Morgan fingerprint density at radius 2 is 2.10 bits per heavy atom. The van der Waals surface area contributed by atoms with Crippen LogP contribution in [0, 0.1) is 12.8 Å². The molecule has 1 aliphatic carbocycles. The molecule has 1 aliphatic rings. The number of aryl methyl sites for hydroxylation is 3. The van der Waals surface area contributed by atoms with E-state index in [2.05, 4.69) is 5.10 Å². The van der Waals surface area contributed by atoms with E-state index in [1.807, 2.05) is 24.3 Å². The first kappa shape index (κ1) is 12.8. The number of rotatable bonds is 2. The second-order valence-corrected chi connectivity index (χ2v) is 5.28. The summed E-state index contributed by atoms with van der Waals surface area (Å²) in [6.45, 7) is 1.80. The van der Waals surface area contributed by atoms with Crippen molar-refractivity contribution in [2.45, 2.75) is 19.8 Å². The van der Waals surface area contributed by atoms with Crippen LogP contribution in [0.3, 0.4) is 0 Å². The predicted octanol–water partition coefficient (Wildman–Crippen LogP) is 2.36. The van der Waals surface area contributed by atoms with Crippen LogP contribution in [0.15, 0.2) is 30.5 Å². The molecule has 0 aliphatic heterocycles. The quantitative estimate of drug-likeness (QED) is 0.620. The molecule has 1 atom stereocenters. The SMILES string of the molecule is Cc1nn(C)cc1C(=O)C1CCc2ccccc2C1=O. The maximum absolute atomic E-state index is 12.6. The summed E-state index contributed by atoms with van der Waals surface area (Å²) in [7, 11) is 1.78. The first-order valence-electron chi connectivity index (χ1n) is 6.74. The average molecular weight is 268 g/mol. The van der Waals surface area contributed by atoms with Gasteiger partial charge in [0.1, 0.15) is 0 Å². The van der Waals surface area contributed by atoms with Crippen molar-refractivity contribution in [2.75, 3.05) is 0 Å². The number of hydrogen-bond acceptors (Lipinski definition) is 3. The molecule has 4 nitrogen and oxygen atoms in total. The van der Waals surface area contributed by atoms with Gasteiger partial charge in [-0.15, -0.1) is 0 Å². The summed E-state index contributed by atoms with van der Waals surface area (Å²) in [5.74, 6) is -0.719. The standard InChI is InChI=1S/C16H16N2O2/c1-10-14(9-18(2)17-10)16(20)13-8-7-11-5-3-4-6-12(11)15(13)19/h3-6,9,13H,7-8H2,1-2H3. The molecule has 0 fully saturated rings. The van der Waals surface area contributed by atoms with Crippen molar-refractivity contribution in [3.63, 3.8) is 0 Å². The molecule has 1 aromatic carbocycles. The van der Waals surface area contributed by atoms with Crippen LogP contribution in [0.25, 0.3) is 0 Å². The molecule has 0 saturated carbocycles. The molecule has 0 radical (unpaired) electrons. The van der Waals surface area contributed by atoms with Gasteiger partial charge in [-0.3, -0.25) is 14.3 Å². The van der Waals surface area contributed by atoms with Gasteiger partial charge < -0.3 is 0 Å². The molecule has 3 rings (SSSR count). The Morgan fingerprint density at radius 3 is 2.80 bits per heavy atom. The summed E-state index contributed by atoms with van der Waals surface area (Å²) >= 11 is 0.